The first-order chi connectivity index (χ1) is 8.58. The van der Waals surface area contributed by atoms with Crippen LogP contribution in [0.1, 0.15) is 6.92 Å². The van der Waals surface area contributed by atoms with Crippen LogP contribution in [0.3, 0.4) is 0 Å². The molecule has 1 unspecified atom stereocenters. The van der Waals surface area contributed by atoms with E-state index in [1.807, 2.05) is 12.1 Å². The Morgan fingerprint density at radius 1 is 1.50 bits per heavy atom. The molecule has 0 bridgehead atoms. The van der Waals surface area contributed by atoms with Crippen LogP contribution >= 0.6 is 0 Å². The van der Waals surface area contributed by atoms with Crippen LogP contribution in [0, 0.1) is 0 Å². The summed E-state index contributed by atoms with van der Waals surface area (Å²) in [5, 5.41) is 14.2. The van der Waals surface area contributed by atoms with Crippen molar-refractivity contribution >= 4 is 17.6 Å². The third kappa shape index (κ3) is 2.53. The smallest absolute Gasteiger partial charge is 0.325 e. The number of hydrogen-bond acceptors (Lipinski definition) is 4. The van der Waals surface area contributed by atoms with Crippen molar-refractivity contribution in [3.05, 3.63) is 24.3 Å². The number of para-hydroxylation sites is 2. The number of anilines is 1. The molecule has 0 saturated carbocycles. The van der Waals surface area contributed by atoms with Crippen LogP contribution in [-0.2, 0) is 9.59 Å². The van der Waals surface area contributed by atoms with Crippen molar-refractivity contribution in [2.75, 3.05) is 11.9 Å². The standard InChI is InChI=1S/C12H14N2O4/c1-7(12(16)17)14-11(15)10-6-13-8-4-2-3-5-9(8)18-10/h2-5,7,10,13H,6H2,1H3,(H,14,15)(H,16,17)/t7-,10?/m1/s1. The number of fused-ring (bicyclic) bond motifs is 1. The lowest BCUT2D eigenvalue weighted by Crippen LogP contribution is -2.49. The Morgan fingerprint density at radius 2 is 2.22 bits per heavy atom. The largest absolute Gasteiger partial charge is 0.480 e. The average Bonchev–Trinajstić information content (AvgIpc) is 2.37. The molecule has 2 rings (SSSR count). The molecule has 0 aromatic heterocycles. The van der Waals surface area contributed by atoms with Crippen molar-refractivity contribution in [1.82, 2.24) is 5.32 Å². The second-order valence-electron chi connectivity index (χ2n) is 4.05. The molecule has 1 aromatic carbocycles. The number of aliphatic carboxylic acids is 1. The first kappa shape index (κ1) is 12.2. The first-order valence-corrected chi connectivity index (χ1v) is 5.60. The van der Waals surface area contributed by atoms with E-state index in [1.165, 1.54) is 6.92 Å². The molecule has 1 aromatic rings. The van der Waals surface area contributed by atoms with Gasteiger partial charge in [-0.25, -0.2) is 0 Å². The lowest BCUT2D eigenvalue weighted by molar-refractivity contribution is -0.142. The molecule has 6 heteroatoms. The van der Waals surface area contributed by atoms with Crippen LogP contribution < -0.4 is 15.4 Å². The number of carboxylic acids is 1. The number of carboxylic acid groups (broad SMARTS) is 1. The summed E-state index contributed by atoms with van der Waals surface area (Å²) in [5.41, 5.74) is 0.827. The summed E-state index contributed by atoms with van der Waals surface area (Å²) < 4.78 is 5.51. The van der Waals surface area contributed by atoms with Gasteiger partial charge in [-0.2, -0.15) is 0 Å². The quantitative estimate of drug-likeness (QED) is 0.725. The molecule has 3 N–H and O–H groups in total. The van der Waals surface area contributed by atoms with Gasteiger partial charge in [-0.3, -0.25) is 9.59 Å². The highest BCUT2D eigenvalue weighted by molar-refractivity contribution is 5.87. The Morgan fingerprint density at radius 3 is 2.94 bits per heavy atom. The van der Waals surface area contributed by atoms with E-state index in [1.54, 1.807) is 12.1 Å². The van der Waals surface area contributed by atoms with Crippen LogP contribution in [0.5, 0.6) is 5.75 Å². The second kappa shape index (κ2) is 4.95. The molecule has 6 nitrogen and oxygen atoms in total. The van der Waals surface area contributed by atoms with E-state index in [9.17, 15) is 9.59 Å². The van der Waals surface area contributed by atoms with Crippen LogP contribution in [0.25, 0.3) is 0 Å². The van der Waals surface area contributed by atoms with E-state index >= 15 is 0 Å². The number of rotatable bonds is 3. The number of carbonyl (C=O) groups is 2. The van der Waals surface area contributed by atoms with Gasteiger partial charge in [-0.1, -0.05) is 12.1 Å². The van der Waals surface area contributed by atoms with E-state index in [0.29, 0.717) is 12.3 Å². The first-order valence-electron chi connectivity index (χ1n) is 5.60. The van der Waals surface area contributed by atoms with Gasteiger partial charge in [-0.15, -0.1) is 0 Å². The minimum absolute atomic E-state index is 0.315. The molecular weight excluding hydrogens is 236 g/mol. The molecule has 0 aliphatic carbocycles. The maximum Gasteiger partial charge on any atom is 0.325 e. The SMILES string of the molecule is C[C@@H](NC(=O)C1CNc2ccccc2O1)C(=O)O. The van der Waals surface area contributed by atoms with Gasteiger partial charge in [0.25, 0.3) is 5.91 Å². The maximum absolute atomic E-state index is 11.8. The lowest BCUT2D eigenvalue weighted by atomic mass is 10.2. The number of carbonyl (C=O) groups excluding carboxylic acids is 1. The van der Waals surface area contributed by atoms with Crippen LogP contribution in [0.2, 0.25) is 0 Å². The summed E-state index contributed by atoms with van der Waals surface area (Å²) in [5.74, 6) is -0.925. The van der Waals surface area contributed by atoms with E-state index < -0.39 is 24.0 Å². The number of nitrogens with one attached hydrogen (secondary N) is 2. The average molecular weight is 250 g/mol. The summed E-state index contributed by atoms with van der Waals surface area (Å²) in [4.78, 5) is 22.4. The van der Waals surface area contributed by atoms with Crippen molar-refractivity contribution in [2.45, 2.75) is 19.1 Å². The van der Waals surface area contributed by atoms with Gasteiger partial charge in [0.15, 0.2) is 6.10 Å². The predicted molar refractivity (Wildman–Crippen MR) is 64.6 cm³/mol. The van der Waals surface area contributed by atoms with Crippen LogP contribution in [0.15, 0.2) is 24.3 Å². The molecule has 96 valence electrons. The number of amides is 1. The van der Waals surface area contributed by atoms with Gasteiger partial charge < -0.3 is 20.5 Å². The topological polar surface area (TPSA) is 87.7 Å². The number of hydrogen-bond donors (Lipinski definition) is 3. The third-order valence-corrected chi connectivity index (χ3v) is 2.66. The molecule has 0 spiro atoms. The van der Waals surface area contributed by atoms with Gasteiger partial charge >= 0.3 is 5.97 Å². The molecule has 18 heavy (non-hydrogen) atoms. The minimum Gasteiger partial charge on any atom is -0.480 e. The normalized spacial score (nSPS) is 18.8. The van der Waals surface area contributed by atoms with Crippen molar-refractivity contribution in [3.63, 3.8) is 0 Å². The zero-order valence-corrected chi connectivity index (χ0v) is 9.84. The summed E-state index contributed by atoms with van der Waals surface area (Å²) in [6.45, 7) is 1.72. The van der Waals surface area contributed by atoms with Gasteiger partial charge in [0.1, 0.15) is 11.8 Å². The molecular formula is C12H14N2O4. The molecule has 0 fully saturated rings. The van der Waals surface area contributed by atoms with Gasteiger partial charge in [-0.05, 0) is 19.1 Å². The zero-order chi connectivity index (χ0) is 13.1. The lowest BCUT2D eigenvalue weighted by Gasteiger charge is -2.26. The number of ether oxygens (including phenoxy) is 1. The fraction of sp³-hybridized carbons (Fsp3) is 0.333. The Balaban J connectivity index is 2.00. The maximum atomic E-state index is 11.8. The number of benzene rings is 1. The second-order valence-corrected chi connectivity index (χ2v) is 4.05. The monoisotopic (exact) mass is 250 g/mol. The van der Waals surface area contributed by atoms with Gasteiger partial charge in [0, 0.05) is 0 Å². The predicted octanol–water partition coefficient (Wildman–Crippen LogP) is 0.449. The molecule has 1 amide bonds. The van der Waals surface area contributed by atoms with E-state index in [4.69, 9.17) is 9.84 Å². The van der Waals surface area contributed by atoms with Crippen molar-refractivity contribution in [2.24, 2.45) is 0 Å². The van der Waals surface area contributed by atoms with Gasteiger partial charge in [0.05, 0.1) is 12.2 Å². The van der Waals surface area contributed by atoms with Crippen molar-refractivity contribution < 1.29 is 19.4 Å². The van der Waals surface area contributed by atoms with E-state index in [-0.39, 0.29) is 0 Å². The van der Waals surface area contributed by atoms with Crippen LogP contribution in [-0.4, -0.2) is 35.7 Å². The molecule has 1 aliphatic heterocycles. The summed E-state index contributed by atoms with van der Waals surface area (Å²) in [7, 11) is 0. The molecule has 1 heterocycles. The van der Waals surface area contributed by atoms with Gasteiger partial charge in [0.2, 0.25) is 0 Å². The molecule has 1 aliphatic rings. The summed E-state index contributed by atoms with van der Waals surface area (Å²) in [6, 6.07) is 6.34. The van der Waals surface area contributed by atoms with E-state index in [2.05, 4.69) is 10.6 Å². The summed E-state index contributed by atoms with van der Waals surface area (Å²) >= 11 is 0. The zero-order valence-electron chi connectivity index (χ0n) is 9.84. The van der Waals surface area contributed by atoms with Crippen molar-refractivity contribution in [3.8, 4) is 5.75 Å². The minimum atomic E-state index is -1.08. The highest BCUT2D eigenvalue weighted by Gasteiger charge is 2.27. The third-order valence-electron chi connectivity index (χ3n) is 2.66. The molecule has 2 atom stereocenters. The van der Waals surface area contributed by atoms with Crippen molar-refractivity contribution in [1.29, 1.82) is 0 Å². The van der Waals surface area contributed by atoms with E-state index in [0.717, 1.165) is 5.69 Å². The Bertz CT molecular complexity index is 475. The molecule has 0 radical (unpaired) electrons. The van der Waals surface area contributed by atoms with Crippen LogP contribution in [0.4, 0.5) is 5.69 Å². The fourth-order valence-electron chi connectivity index (χ4n) is 1.63. The Hall–Kier alpha value is -2.24. The highest BCUT2D eigenvalue weighted by atomic mass is 16.5. The Kier molecular flexibility index (Phi) is 3.36. The highest BCUT2D eigenvalue weighted by Crippen LogP contribution is 2.28. The molecule has 0 saturated heterocycles. The summed E-state index contributed by atoms with van der Waals surface area (Å²) in [6.07, 6.45) is -0.721. The fourth-order valence-corrected chi connectivity index (χ4v) is 1.63. The Labute approximate surface area is 104 Å².